The summed E-state index contributed by atoms with van der Waals surface area (Å²) in [4.78, 5) is 4.43. The fraction of sp³-hybridized carbons (Fsp3) is 0.353. The predicted molar refractivity (Wildman–Crippen MR) is 95.0 cm³/mol. The van der Waals surface area contributed by atoms with E-state index in [2.05, 4.69) is 65.2 Å². The van der Waals surface area contributed by atoms with Crippen molar-refractivity contribution in [1.29, 1.82) is 0 Å². The first-order valence-corrected chi connectivity index (χ1v) is 8.93. The van der Waals surface area contributed by atoms with Gasteiger partial charge in [-0.2, -0.15) is 0 Å². The molecule has 0 spiro atoms. The monoisotopic (exact) mass is 364 g/mol. The lowest BCUT2D eigenvalue weighted by Gasteiger charge is -2.19. The topological polar surface area (TPSA) is 24.9 Å². The highest BCUT2D eigenvalue weighted by atomic mass is 79.9. The van der Waals surface area contributed by atoms with Crippen LogP contribution in [0.15, 0.2) is 46.0 Å². The van der Waals surface area contributed by atoms with Crippen LogP contribution in [0.5, 0.6) is 0 Å². The Hall–Kier alpha value is -0.840. The number of pyridine rings is 1. The summed E-state index contributed by atoms with van der Waals surface area (Å²) in [5.74, 6) is 0.965. The van der Waals surface area contributed by atoms with Gasteiger partial charge in [0.1, 0.15) is 5.03 Å². The molecule has 2 nitrogen and oxygen atoms in total. The second kappa shape index (κ2) is 7.97. The van der Waals surface area contributed by atoms with Crippen LogP contribution < -0.4 is 5.32 Å². The van der Waals surface area contributed by atoms with Crippen molar-refractivity contribution in [2.45, 2.75) is 31.8 Å². The lowest BCUT2D eigenvalue weighted by molar-refractivity contribution is 0.605. The average Bonchev–Trinajstić information content (AvgIpc) is 2.44. The second-order valence-electron chi connectivity index (χ2n) is 5.13. The third-order valence-electron chi connectivity index (χ3n) is 3.21. The molecular weight excluding hydrogens is 344 g/mol. The van der Waals surface area contributed by atoms with Crippen LogP contribution in [0.4, 0.5) is 0 Å². The number of thioether (sulfide) groups is 1. The van der Waals surface area contributed by atoms with Gasteiger partial charge in [0.15, 0.2) is 0 Å². The van der Waals surface area contributed by atoms with E-state index in [9.17, 15) is 0 Å². The van der Waals surface area contributed by atoms with E-state index >= 15 is 0 Å². The van der Waals surface area contributed by atoms with Gasteiger partial charge < -0.3 is 5.32 Å². The van der Waals surface area contributed by atoms with Crippen LogP contribution in [-0.2, 0) is 0 Å². The van der Waals surface area contributed by atoms with E-state index < -0.39 is 0 Å². The first-order chi connectivity index (χ1) is 10.1. The minimum absolute atomic E-state index is 0.340. The van der Waals surface area contributed by atoms with Gasteiger partial charge >= 0.3 is 0 Å². The molecule has 1 heterocycles. The van der Waals surface area contributed by atoms with Crippen LogP contribution in [-0.4, -0.2) is 17.3 Å². The molecule has 1 aromatic carbocycles. The zero-order chi connectivity index (χ0) is 15.2. The van der Waals surface area contributed by atoms with Crippen molar-refractivity contribution in [3.63, 3.8) is 0 Å². The molecule has 0 aliphatic heterocycles. The van der Waals surface area contributed by atoms with Crippen LogP contribution in [0, 0.1) is 13.8 Å². The lowest BCUT2D eigenvalue weighted by atomic mass is 10.0. The summed E-state index contributed by atoms with van der Waals surface area (Å²) in [6, 6.07) is 11.1. The number of nitrogens with one attached hydrogen (secondary N) is 1. The van der Waals surface area contributed by atoms with Crippen LogP contribution in [0.2, 0.25) is 0 Å². The maximum Gasteiger partial charge on any atom is 0.110 e. The molecule has 1 N–H and O–H groups in total. The van der Waals surface area contributed by atoms with Gasteiger partial charge in [-0.3, -0.25) is 0 Å². The van der Waals surface area contributed by atoms with Crippen LogP contribution in [0.1, 0.15) is 29.7 Å². The van der Waals surface area contributed by atoms with E-state index in [0.29, 0.717) is 6.04 Å². The zero-order valence-electron chi connectivity index (χ0n) is 12.7. The van der Waals surface area contributed by atoms with Crippen LogP contribution in [0.25, 0.3) is 0 Å². The van der Waals surface area contributed by atoms with Gasteiger partial charge in [-0.1, -0.05) is 36.2 Å². The number of aromatic nitrogens is 1. The van der Waals surface area contributed by atoms with Gasteiger partial charge in [-0.25, -0.2) is 4.98 Å². The summed E-state index contributed by atoms with van der Waals surface area (Å²) in [5, 5.41) is 4.63. The standard InChI is InChI=1S/C17H21BrN2S/c1-4-19-16(14-9-12(2)8-13(3)10-14)11-21-17-15(18)6-5-7-20-17/h5-10,16,19H,4,11H2,1-3H3. The molecule has 0 aliphatic rings. The van der Waals surface area contributed by atoms with Crippen molar-refractivity contribution in [1.82, 2.24) is 10.3 Å². The molecule has 21 heavy (non-hydrogen) atoms. The van der Waals surface area contributed by atoms with Gasteiger partial charge in [-0.05, 0) is 54.0 Å². The van der Waals surface area contributed by atoms with Crippen molar-refractivity contribution in [3.05, 3.63) is 57.7 Å². The number of aryl methyl sites for hydroxylation is 2. The number of hydrogen-bond acceptors (Lipinski definition) is 3. The number of hydrogen-bond donors (Lipinski definition) is 1. The summed E-state index contributed by atoms with van der Waals surface area (Å²) in [6.07, 6.45) is 1.84. The highest BCUT2D eigenvalue weighted by molar-refractivity contribution is 9.10. The first-order valence-electron chi connectivity index (χ1n) is 7.15. The van der Waals surface area contributed by atoms with Gasteiger partial charge in [0.2, 0.25) is 0 Å². The SMILES string of the molecule is CCNC(CSc1ncccc1Br)c1cc(C)cc(C)c1. The summed E-state index contributed by atoms with van der Waals surface area (Å²) < 4.78 is 1.06. The average molecular weight is 365 g/mol. The van der Waals surface area contributed by atoms with Crippen LogP contribution in [0.3, 0.4) is 0 Å². The third-order valence-corrected chi connectivity index (χ3v) is 5.21. The number of halogens is 1. The highest BCUT2D eigenvalue weighted by Gasteiger charge is 2.13. The molecule has 2 aromatic rings. The Morgan fingerprint density at radius 3 is 2.57 bits per heavy atom. The zero-order valence-corrected chi connectivity index (χ0v) is 15.1. The largest absolute Gasteiger partial charge is 0.309 e. The summed E-state index contributed by atoms with van der Waals surface area (Å²) >= 11 is 5.34. The first kappa shape index (κ1) is 16.5. The van der Waals surface area contributed by atoms with Gasteiger partial charge in [0.05, 0.1) is 0 Å². The quantitative estimate of drug-likeness (QED) is 0.737. The fourth-order valence-corrected chi connectivity index (χ4v) is 3.94. The Morgan fingerprint density at radius 1 is 1.24 bits per heavy atom. The molecule has 0 bridgehead atoms. The normalized spacial score (nSPS) is 12.4. The van der Waals surface area contributed by atoms with Gasteiger partial charge in [-0.15, -0.1) is 11.8 Å². The summed E-state index contributed by atoms with van der Waals surface area (Å²) in [7, 11) is 0. The molecule has 0 saturated carbocycles. The molecule has 2 rings (SSSR count). The minimum atomic E-state index is 0.340. The maximum atomic E-state index is 4.43. The van der Waals surface area contributed by atoms with Crippen LogP contribution >= 0.6 is 27.7 Å². The Balaban J connectivity index is 2.14. The highest BCUT2D eigenvalue weighted by Crippen LogP contribution is 2.29. The van der Waals surface area contributed by atoms with E-state index in [1.807, 2.05) is 18.3 Å². The van der Waals surface area contributed by atoms with E-state index in [4.69, 9.17) is 0 Å². The number of benzene rings is 1. The Bertz CT molecular complexity index is 581. The molecular formula is C17H21BrN2S. The minimum Gasteiger partial charge on any atom is -0.309 e. The molecule has 0 amide bonds. The fourth-order valence-electron chi connectivity index (χ4n) is 2.37. The lowest BCUT2D eigenvalue weighted by Crippen LogP contribution is -2.23. The molecule has 0 aliphatic carbocycles. The van der Waals surface area contributed by atoms with Gasteiger partial charge in [0.25, 0.3) is 0 Å². The molecule has 112 valence electrons. The summed E-state index contributed by atoms with van der Waals surface area (Å²) in [6.45, 7) is 7.42. The molecule has 4 heteroatoms. The van der Waals surface area contributed by atoms with E-state index in [-0.39, 0.29) is 0 Å². The summed E-state index contributed by atoms with van der Waals surface area (Å²) in [5.41, 5.74) is 3.99. The van der Waals surface area contributed by atoms with E-state index in [0.717, 1.165) is 21.8 Å². The molecule has 1 atom stereocenters. The van der Waals surface area contributed by atoms with Crippen molar-refractivity contribution in [2.24, 2.45) is 0 Å². The van der Waals surface area contributed by atoms with Crippen molar-refractivity contribution >= 4 is 27.7 Å². The van der Waals surface area contributed by atoms with E-state index in [1.165, 1.54) is 16.7 Å². The van der Waals surface area contributed by atoms with Crippen molar-refractivity contribution in [3.8, 4) is 0 Å². The Kier molecular flexibility index (Phi) is 6.27. The molecule has 0 fully saturated rings. The third kappa shape index (κ3) is 4.83. The maximum absolute atomic E-state index is 4.43. The Morgan fingerprint density at radius 2 is 1.95 bits per heavy atom. The molecule has 1 aromatic heterocycles. The smallest absolute Gasteiger partial charge is 0.110 e. The second-order valence-corrected chi connectivity index (χ2v) is 7.00. The molecule has 0 saturated heterocycles. The molecule has 1 unspecified atom stereocenters. The van der Waals surface area contributed by atoms with Crippen molar-refractivity contribution in [2.75, 3.05) is 12.3 Å². The number of nitrogens with zero attached hydrogens (tertiary/aromatic N) is 1. The van der Waals surface area contributed by atoms with E-state index in [1.54, 1.807) is 11.8 Å². The molecule has 0 radical (unpaired) electrons. The predicted octanol–water partition coefficient (Wildman–Crippen LogP) is 4.90. The van der Waals surface area contributed by atoms with Gasteiger partial charge in [0, 0.05) is 22.5 Å². The van der Waals surface area contributed by atoms with Crippen molar-refractivity contribution < 1.29 is 0 Å². The Labute approximate surface area is 139 Å². The number of rotatable bonds is 6.